The van der Waals surface area contributed by atoms with Crippen molar-refractivity contribution in [2.45, 2.75) is 31.8 Å². The summed E-state index contributed by atoms with van der Waals surface area (Å²) < 4.78 is 54.1. The third kappa shape index (κ3) is 6.52. The minimum absolute atomic E-state index is 0.0550. The molecule has 11 heteroatoms. The normalized spacial score (nSPS) is 20.9. The smallest absolute Gasteiger partial charge is 0.304 e. The number of rotatable bonds is 8. The second-order valence-corrected chi connectivity index (χ2v) is 10.4. The Morgan fingerprint density at radius 3 is 2.74 bits per heavy atom. The van der Waals surface area contributed by atoms with Crippen LogP contribution >= 0.6 is 11.6 Å². The lowest BCUT2D eigenvalue weighted by Gasteiger charge is -2.33. The van der Waals surface area contributed by atoms with Gasteiger partial charge in [-0.05, 0) is 38.9 Å². The van der Waals surface area contributed by atoms with Crippen molar-refractivity contribution in [1.82, 2.24) is 13.9 Å². The van der Waals surface area contributed by atoms with Gasteiger partial charge in [-0.3, -0.25) is 4.79 Å². The van der Waals surface area contributed by atoms with Crippen molar-refractivity contribution < 1.29 is 27.1 Å². The highest BCUT2D eigenvalue weighted by Gasteiger charge is 2.32. The van der Waals surface area contributed by atoms with Crippen LogP contribution in [0.4, 0.5) is 4.39 Å². The van der Waals surface area contributed by atoms with Gasteiger partial charge in [-0.2, -0.15) is 12.7 Å². The minimum Gasteiger partial charge on any atom is -0.492 e. The Labute approximate surface area is 187 Å². The quantitative estimate of drug-likeness (QED) is 0.618. The summed E-state index contributed by atoms with van der Waals surface area (Å²) in [6.07, 6.45) is 4.12. The fourth-order valence-corrected chi connectivity index (χ4v) is 5.23. The maximum absolute atomic E-state index is 14.6. The van der Waals surface area contributed by atoms with Gasteiger partial charge in [0.25, 0.3) is 5.91 Å². The van der Waals surface area contributed by atoms with E-state index in [1.54, 1.807) is 0 Å². The van der Waals surface area contributed by atoms with E-state index in [2.05, 4.69) is 0 Å². The number of halogens is 2. The van der Waals surface area contributed by atoms with Crippen LogP contribution in [0.5, 0.6) is 5.75 Å². The number of morpholine rings is 1. The number of likely N-dealkylation sites (N-methyl/N-ethyl adjacent to an activating group) is 1. The van der Waals surface area contributed by atoms with Gasteiger partial charge in [-0.25, -0.2) is 9.11 Å². The first-order valence-corrected chi connectivity index (χ1v) is 12.2. The number of nitrogens with zero attached hydrogens (tertiary/aromatic N) is 2. The lowest BCUT2D eigenvalue weighted by Crippen LogP contribution is -2.53. The van der Waals surface area contributed by atoms with Crippen LogP contribution in [0.1, 0.15) is 36.0 Å². The highest BCUT2D eigenvalue weighted by atomic mass is 35.5. The number of carbonyl (C=O) groups excluding carboxylic acids is 1. The average molecular weight is 478 g/mol. The fourth-order valence-electron chi connectivity index (χ4n) is 3.86. The molecule has 0 unspecified atom stereocenters. The van der Waals surface area contributed by atoms with Crippen LogP contribution in [-0.4, -0.2) is 76.6 Å². The molecule has 0 bridgehead atoms. The van der Waals surface area contributed by atoms with Crippen molar-refractivity contribution in [1.29, 1.82) is 0 Å². The molecule has 3 rings (SSSR count). The fraction of sp³-hybridized carbons (Fsp3) is 0.650. The number of ether oxygens (including phenoxy) is 2. The van der Waals surface area contributed by atoms with Gasteiger partial charge in [0, 0.05) is 25.7 Å². The minimum atomic E-state index is -4.17. The zero-order valence-electron chi connectivity index (χ0n) is 17.8. The zero-order valence-corrected chi connectivity index (χ0v) is 19.3. The Balaban J connectivity index is 1.65. The van der Waals surface area contributed by atoms with Crippen LogP contribution in [0.2, 0.25) is 5.02 Å². The number of nitrogens with one attached hydrogen (secondary N) is 1. The molecule has 1 N–H and O–H groups in total. The monoisotopic (exact) mass is 477 g/mol. The summed E-state index contributed by atoms with van der Waals surface area (Å²) in [5, 5.41) is 0.0550. The molecule has 1 aromatic rings. The largest absolute Gasteiger partial charge is 0.492 e. The van der Waals surface area contributed by atoms with Crippen LogP contribution in [-0.2, 0) is 14.9 Å². The molecule has 31 heavy (non-hydrogen) atoms. The van der Waals surface area contributed by atoms with Gasteiger partial charge in [0.15, 0.2) is 0 Å². The van der Waals surface area contributed by atoms with Crippen LogP contribution < -0.4 is 9.46 Å². The maximum Gasteiger partial charge on any atom is 0.304 e. The van der Waals surface area contributed by atoms with Crippen LogP contribution in [0.15, 0.2) is 12.1 Å². The van der Waals surface area contributed by atoms with Gasteiger partial charge in [0.1, 0.15) is 11.6 Å². The SMILES string of the molecule is CN(C)C[C@@H]1CN(S(=O)(=O)NC(=O)c2cc(Cl)c(OCC3CCCC3)cc2F)CCO1. The molecule has 1 amide bonds. The van der Waals surface area contributed by atoms with Gasteiger partial charge in [-0.15, -0.1) is 0 Å². The molecule has 2 aliphatic rings. The van der Waals surface area contributed by atoms with E-state index in [-0.39, 0.29) is 36.6 Å². The van der Waals surface area contributed by atoms with E-state index < -0.39 is 27.5 Å². The number of carbonyl (C=O) groups is 1. The van der Waals surface area contributed by atoms with Crippen molar-refractivity contribution in [2.75, 3.05) is 46.9 Å². The molecule has 1 aliphatic carbocycles. The van der Waals surface area contributed by atoms with E-state index in [1.165, 1.54) is 0 Å². The molecule has 1 aromatic carbocycles. The van der Waals surface area contributed by atoms with E-state index in [0.717, 1.165) is 42.1 Å². The lowest BCUT2D eigenvalue weighted by atomic mass is 10.1. The number of hydrogen-bond donors (Lipinski definition) is 1. The molecule has 1 atom stereocenters. The first-order valence-electron chi connectivity index (χ1n) is 10.4. The zero-order chi connectivity index (χ0) is 22.6. The highest BCUT2D eigenvalue weighted by Crippen LogP contribution is 2.31. The first kappa shape index (κ1) is 24.2. The van der Waals surface area contributed by atoms with E-state index in [4.69, 9.17) is 21.1 Å². The first-order chi connectivity index (χ1) is 14.7. The van der Waals surface area contributed by atoms with E-state index in [9.17, 15) is 17.6 Å². The Hall–Kier alpha value is -1.46. The third-order valence-corrected chi connectivity index (χ3v) is 7.20. The molecule has 1 saturated carbocycles. The number of hydrogen-bond acceptors (Lipinski definition) is 6. The second-order valence-electron chi connectivity index (χ2n) is 8.27. The Morgan fingerprint density at radius 1 is 1.35 bits per heavy atom. The maximum atomic E-state index is 14.6. The summed E-state index contributed by atoms with van der Waals surface area (Å²) >= 11 is 6.17. The molecule has 0 spiro atoms. The molecule has 2 fully saturated rings. The average Bonchev–Trinajstić information content (AvgIpc) is 3.21. The standard InChI is InChI=1S/C20H29ClFN3O5S/c1-24(2)11-15-12-25(7-8-29-15)31(27,28)23-20(26)16-9-17(21)19(10-18(16)22)30-13-14-5-3-4-6-14/h9-10,14-15H,3-8,11-13H2,1-2H3,(H,23,26)/t15-/m1/s1. The Kier molecular flexibility index (Phi) is 8.14. The summed E-state index contributed by atoms with van der Waals surface area (Å²) in [6, 6.07) is 2.13. The predicted molar refractivity (Wildman–Crippen MR) is 115 cm³/mol. The molecule has 1 saturated heterocycles. The van der Waals surface area contributed by atoms with Crippen LogP contribution in [0, 0.1) is 11.7 Å². The molecule has 174 valence electrons. The van der Waals surface area contributed by atoms with Crippen LogP contribution in [0.3, 0.4) is 0 Å². The molecule has 8 nitrogen and oxygen atoms in total. The molecule has 0 radical (unpaired) electrons. The van der Waals surface area contributed by atoms with Gasteiger partial charge < -0.3 is 14.4 Å². The summed E-state index contributed by atoms with van der Waals surface area (Å²) in [5.74, 6) is -1.43. The lowest BCUT2D eigenvalue weighted by molar-refractivity contribution is -0.0135. The molecule has 0 aromatic heterocycles. The van der Waals surface area contributed by atoms with E-state index in [0.29, 0.717) is 19.1 Å². The van der Waals surface area contributed by atoms with Crippen LogP contribution in [0.25, 0.3) is 0 Å². The summed E-state index contributed by atoms with van der Waals surface area (Å²) in [4.78, 5) is 14.4. The van der Waals surface area contributed by atoms with Crippen molar-refractivity contribution in [3.05, 3.63) is 28.5 Å². The summed E-state index contributed by atoms with van der Waals surface area (Å²) in [6.45, 7) is 1.37. The van der Waals surface area contributed by atoms with Gasteiger partial charge in [0.05, 0.1) is 29.9 Å². The van der Waals surface area contributed by atoms with E-state index in [1.807, 2.05) is 23.7 Å². The van der Waals surface area contributed by atoms with Crippen molar-refractivity contribution in [3.8, 4) is 5.75 Å². The number of benzene rings is 1. The molecule has 1 heterocycles. The number of amides is 1. The van der Waals surface area contributed by atoms with Gasteiger partial charge in [0.2, 0.25) is 0 Å². The van der Waals surface area contributed by atoms with Crippen molar-refractivity contribution >= 4 is 27.7 Å². The highest BCUT2D eigenvalue weighted by molar-refractivity contribution is 7.87. The van der Waals surface area contributed by atoms with Gasteiger partial charge >= 0.3 is 10.2 Å². The molecule has 1 aliphatic heterocycles. The Morgan fingerprint density at radius 2 is 2.06 bits per heavy atom. The summed E-state index contributed by atoms with van der Waals surface area (Å²) in [7, 11) is -0.459. The molecular formula is C20H29ClFN3O5S. The molecular weight excluding hydrogens is 449 g/mol. The third-order valence-electron chi connectivity index (χ3n) is 5.45. The topological polar surface area (TPSA) is 88.2 Å². The predicted octanol–water partition coefficient (Wildman–Crippen LogP) is 2.29. The Bertz CT molecular complexity index is 893. The van der Waals surface area contributed by atoms with Crippen molar-refractivity contribution in [3.63, 3.8) is 0 Å². The second kappa shape index (κ2) is 10.4. The van der Waals surface area contributed by atoms with Gasteiger partial charge in [-0.1, -0.05) is 24.4 Å². The van der Waals surface area contributed by atoms with Crippen molar-refractivity contribution in [2.24, 2.45) is 5.92 Å². The summed E-state index contributed by atoms with van der Waals surface area (Å²) in [5.41, 5.74) is -0.458. The van der Waals surface area contributed by atoms with E-state index >= 15 is 0 Å².